The number of halogens is 1. The van der Waals surface area contributed by atoms with Gasteiger partial charge >= 0.3 is 5.97 Å². The van der Waals surface area contributed by atoms with Crippen LogP contribution in [-0.4, -0.2) is 35.0 Å². The molecule has 1 aliphatic carbocycles. The van der Waals surface area contributed by atoms with E-state index >= 15 is 4.39 Å². The summed E-state index contributed by atoms with van der Waals surface area (Å²) in [6, 6.07) is 12.3. The van der Waals surface area contributed by atoms with Crippen LogP contribution in [0.3, 0.4) is 0 Å². The van der Waals surface area contributed by atoms with Gasteiger partial charge in [-0.25, -0.2) is 4.39 Å². The standard InChI is InChI=1S/C32H35FO7/c1-18-13-22(37-12-11-32(3,4)36)14-19(2)31(18)40-26-10-8-25(33)30-24(26)7-9-27(30)39-21-5-6-23-20(15-29(34)35)17-38-28(23)16-21/h5-6,8,10,13-14,16,20,27,36H,7,9,11-12,15,17H2,1-4H3,(H,34,35)/t20-,27-/m1/s1. The topological polar surface area (TPSA) is 94.5 Å². The van der Waals surface area contributed by atoms with E-state index < -0.39 is 17.7 Å². The Bertz CT molecular complexity index is 1400. The highest BCUT2D eigenvalue weighted by Gasteiger charge is 2.32. The number of hydrogen-bond acceptors (Lipinski definition) is 6. The Morgan fingerprint density at radius 1 is 1.10 bits per heavy atom. The molecule has 2 aliphatic rings. The van der Waals surface area contributed by atoms with E-state index in [0.29, 0.717) is 66.8 Å². The lowest BCUT2D eigenvalue weighted by molar-refractivity contribution is -0.137. The Morgan fingerprint density at radius 3 is 2.55 bits per heavy atom. The molecule has 0 spiro atoms. The smallest absolute Gasteiger partial charge is 0.304 e. The molecule has 8 heteroatoms. The fourth-order valence-corrected chi connectivity index (χ4v) is 5.41. The van der Waals surface area contributed by atoms with Crippen molar-refractivity contribution < 1.29 is 38.3 Å². The summed E-state index contributed by atoms with van der Waals surface area (Å²) in [4.78, 5) is 11.1. The summed E-state index contributed by atoms with van der Waals surface area (Å²) in [5.41, 5.74) is 3.11. The molecular formula is C32H35FO7. The Balaban J connectivity index is 1.32. The fourth-order valence-electron chi connectivity index (χ4n) is 5.41. The van der Waals surface area contributed by atoms with Crippen molar-refractivity contribution in [1.82, 2.24) is 0 Å². The van der Waals surface area contributed by atoms with E-state index in [4.69, 9.17) is 24.1 Å². The van der Waals surface area contributed by atoms with E-state index in [1.54, 1.807) is 32.0 Å². The van der Waals surface area contributed by atoms with Gasteiger partial charge in [0.05, 0.1) is 25.2 Å². The second kappa shape index (κ2) is 11.0. The molecule has 3 aromatic rings. The molecule has 0 saturated carbocycles. The van der Waals surface area contributed by atoms with Crippen LogP contribution in [0, 0.1) is 19.7 Å². The minimum Gasteiger partial charge on any atom is -0.493 e. The SMILES string of the molecule is Cc1cc(OCCC(C)(C)O)cc(C)c1Oc1ccc(F)c2c1CC[C@H]2Oc1ccc2c(c1)OC[C@H]2CC(=O)O. The largest absolute Gasteiger partial charge is 0.493 e. The van der Waals surface area contributed by atoms with Crippen LogP contribution in [0.25, 0.3) is 0 Å². The van der Waals surface area contributed by atoms with Gasteiger partial charge in [-0.1, -0.05) is 6.07 Å². The first-order chi connectivity index (χ1) is 19.0. The summed E-state index contributed by atoms with van der Waals surface area (Å²) in [6.07, 6.45) is 1.23. The van der Waals surface area contributed by atoms with Crippen LogP contribution < -0.4 is 18.9 Å². The molecule has 2 N–H and O–H groups in total. The molecule has 0 amide bonds. The first-order valence-corrected chi connectivity index (χ1v) is 13.6. The molecule has 0 unspecified atom stereocenters. The van der Waals surface area contributed by atoms with Gasteiger partial charge in [0.15, 0.2) is 0 Å². The van der Waals surface area contributed by atoms with Gasteiger partial charge in [0.25, 0.3) is 0 Å². The van der Waals surface area contributed by atoms with Gasteiger partial charge in [-0.05, 0) is 82.0 Å². The first kappa shape index (κ1) is 27.8. The summed E-state index contributed by atoms with van der Waals surface area (Å²) in [5, 5.41) is 19.1. The third kappa shape index (κ3) is 6.02. The molecule has 7 nitrogen and oxygen atoms in total. The van der Waals surface area contributed by atoms with Crippen molar-refractivity contribution >= 4 is 5.97 Å². The quantitative estimate of drug-likeness (QED) is 0.287. The first-order valence-electron chi connectivity index (χ1n) is 13.6. The third-order valence-electron chi connectivity index (χ3n) is 7.43. The van der Waals surface area contributed by atoms with Crippen molar-refractivity contribution in [2.75, 3.05) is 13.2 Å². The maximum Gasteiger partial charge on any atom is 0.304 e. The van der Waals surface area contributed by atoms with Crippen LogP contribution in [0.5, 0.6) is 28.7 Å². The number of fused-ring (bicyclic) bond motifs is 2. The zero-order chi connectivity index (χ0) is 28.6. The fraction of sp³-hybridized carbons (Fsp3) is 0.406. The Morgan fingerprint density at radius 2 is 1.85 bits per heavy atom. The molecular weight excluding hydrogens is 515 g/mol. The monoisotopic (exact) mass is 550 g/mol. The summed E-state index contributed by atoms with van der Waals surface area (Å²) in [7, 11) is 0. The molecule has 40 heavy (non-hydrogen) atoms. The molecule has 3 aromatic carbocycles. The Labute approximate surface area is 233 Å². The van der Waals surface area contributed by atoms with Gasteiger partial charge < -0.3 is 29.2 Å². The molecule has 0 aromatic heterocycles. The number of benzene rings is 3. The van der Waals surface area contributed by atoms with Crippen molar-refractivity contribution in [3.63, 3.8) is 0 Å². The van der Waals surface area contributed by atoms with E-state index in [9.17, 15) is 9.90 Å². The average molecular weight is 551 g/mol. The second-order valence-corrected chi connectivity index (χ2v) is 11.3. The normalized spacial score (nSPS) is 17.6. The van der Waals surface area contributed by atoms with Gasteiger partial charge in [0.2, 0.25) is 0 Å². The number of aryl methyl sites for hydroxylation is 2. The highest BCUT2D eigenvalue weighted by molar-refractivity contribution is 5.69. The van der Waals surface area contributed by atoms with Crippen LogP contribution in [0.15, 0.2) is 42.5 Å². The number of carboxylic acids is 1. The molecule has 0 radical (unpaired) electrons. The Hall–Kier alpha value is -3.78. The minimum absolute atomic E-state index is 0.00789. The van der Waals surface area contributed by atoms with Crippen molar-refractivity contribution in [3.8, 4) is 28.7 Å². The van der Waals surface area contributed by atoms with Crippen LogP contribution in [0.2, 0.25) is 0 Å². The summed E-state index contributed by atoms with van der Waals surface area (Å²) < 4.78 is 39.3. The second-order valence-electron chi connectivity index (χ2n) is 11.3. The number of carboxylic acid groups (broad SMARTS) is 1. The zero-order valence-corrected chi connectivity index (χ0v) is 23.3. The maximum atomic E-state index is 15.1. The molecule has 0 saturated heterocycles. The van der Waals surface area contributed by atoms with Crippen LogP contribution in [-0.2, 0) is 11.2 Å². The highest BCUT2D eigenvalue weighted by Crippen LogP contribution is 2.45. The Kier molecular flexibility index (Phi) is 7.64. The number of ether oxygens (including phenoxy) is 4. The molecule has 2 atom stereocenters. The predicted octanol–water partition coefficient (Wildman–Crippen LogP) is 6.79. The lowest BCUT2D eigenvalue weighted by Gasteiger charge is -2.19. The van der Waals surface area contributed by atoms with Crippen molar-refractivity contribution in [2.45, 2.75) is 71.0 Å². The van der Waals surface area contributed by atoms with Crippen molar-refractivity contribution in [2.24, 2.45) is 0 Å². The number of carbonyl (C=O) groups is 1. The summed E-state index contributed by atoms with van der Waals surface area (Å²) >= 11 is 0. The van der Waals surface area contributed by atoms with Gasteiger partial charge in [-0.2, -0.15) is 0 Å². The molecule has 0 bridgehead atoms. The number of aliphatic carboxylic acids is 1. The van der Waals surface area contributed by atoms with E-state index in [1.807, 2.05) is 32.0 Å². The number of aliphatic hydroxyl groups is 1. The average Bonchev–Trinajstić information content (AvgIpc) is 3.46. The van der Waals surface area contributed by atoms with Crippen molar-refractivity contribution in [1.29, 1.82) is 0 Å². The maximum absolute atomic E-state index is 15.1. The molecule has 5 rings (SSSR count). The van der Waals surface area contributed by atoms with E-state index in [1.165, 1.54) is 6.07 Å². The lowest BCUT2D eigenvalue weighted by atomic mass is 9.98. The summed E-state index contributed by atoms with van der Waals surface area (Å²) in [5.74, 6) is 1.76. The molecule has 212 valence electrons. The van der Waals surface area contributed by atoms with Crippen LogP contribution in [0.1, 0.15) is 72.9 Å². The molecule has 1 aliphatic heterocycles. The van der Waals surface area contributed by atoms with E-state index in [0.717, 1.165) is 22.3 Å². The number of hydrogen-bond donors (Lipinski definition) is 2. The van der Waals surface area contributed by atoms with Crippen LogP contribution >= 0.6 is 0 Å². The van der Waals surface area contributed by atoms with Gasteiger partial charge in [-0.15, -0.1) is 0 Å². The highest BCUT2D eigenvalue weighted by atomic mass is 19.1. The summed E-state index contributed by atoms with van der Waals surface area (Å²) in [6.45, 7) is 8.10. The third-order valence-corrected chi connectivity index (χ3v) is 7.43. The predicted molar refractivity (Wildman–Crippen MR) is 147 cm³/mol. The van der Waals surface area contributed by atoms with E-state index in [2.05, 4.69) is 0 Å². The molecule has 0 fully saturated rings. The zero-order valence-electron chi connectivity index (χ0n) is 23.3. The van der Waals surface area contributed by atoms with Gasteiger partial charge in [-0.3, -0.25) is 4.79 Å². The minimum atomic E-state index is -0.866. The lowest BCUT2D eigenvalue weighted by Crippen LogP contribution is -2.21. The molecule has 1 heterocycles. The van der Waals surface area contributed by atoms with Gasteiger partial charge in [0.1, 0.15) is 40.7 Å². The number of rotatable bonds is 10. The van der Waals surface area contributed by atoms with Crippen molar-refractivity contribution in [3.05, 3.63) is 76.1 Å². The van der Waals surface area contributed by atoms with Gasteiger partial charge in [0, 0.05) is 35.1 Å². The van der Waals surface area contributed by atoms with Crippen LogP contribution in [0.4, 0.5) is 4.39 Å². The van der Waals surface area contributed by atoms with E-state index in [-0.39, 0.29) is 18.2 Å².